The summed E-state index contributed by atoms with van der Waals surface area (Å²) < 4.78 is 0. The molecule has 0 fully saturated rings. The predicted molar refractivity (Wildman–Crippen MR) is 128 cm³/mol. The minimum Gasteiger partial charge on any atom is -0.395 e. The van der Waals surface area contributed by atoms with E-state index in [9.17, 15) is 0 Å². The van der Waals surface area contributed by atoms with Crippen molar-refractivity contribution in [1.82, 2.24) is 15.0 Å². The molecule has 7 heteroatoms. The average Bonchev–Trinajstić information content (AvgIpc) is 2.83. The zero-order valence-electron chi connectivity index (χ0n) is 19.4. The average molecular weight is 444 g/mol. The first-order chi connectivity index (χ1) is 16.0. The van der Waals surface area contributed by atoms with E-state index in [1.807, 2.05) is 37.3 Å². The lowest BCUT2D eigenvalue weighted by atomic mass is 9.94. The van der Waals surface area contributed by atoms with Crippen LogP contribution in [-0.4, -0.2) is 39.6 Å². The van der Waals surface area contributed by atoms with Gasteiger partial charge in [-0.25, -0.2) is 0 Å². The van der Waals surface area contributed by atoms with Crippen molar-refractivity contribution < 1.29 is 9.68 Å². The van der Waals surface area contributed by atoms with Gasteiger partial charge in [-0.3, -0.25) is 15.0 Å². The van der Waals surface area contributed by atoms with Crippen LogP contribution in [-0.2, 0) is 16.1 Å². The summed E-state index contributed by atoms with van der Waals surface area (Å²) in [6.45, 7) is 6.90. The molecule has 33 heavy (non-hydrogen) atoms. The number of oxime groups is 2. The van der Waals surface area contributed by atoms with E-state index in [0.717, 1.165) is 47.6 Å². The van der Waals surface area contributed by atoms with Crippen LogP contribution in [0.25, 0.3) is 0 Å². The van der Waals surface area contributed by atoms with Crippen LogP contribution in [0.1, 0.15) is 54.9 Å². The molecule has 1 aliphatic rings. The summed E-state index contributed by atoms with van der Waals surface area (Å²) in [5.74, 6) is 0. The van der Waals surface area contributed by atoms with Crippen molar-refractivity contribution >= 4 is 11.4 Å². The lowest BCUT2D eigenvalue weighted by Crippen LogP contribution is -2.25. The molecule has 0 unspecified atom stereocenters. The molecule has 0 saturated heterocycles. The second kappa shape index (κ2) is 10.3. The molecule has 0 N–H and O–H groups in total. The topological polar surface area (TPSA) is 81.9 Å². The third-order valence-electron chi connectivity index (χ3n) is 5.35. The van der Waals surface area contributed by atoms with Crippen LogP contribution in [0.3, 0.4) is 0 Å². The molecule has 0 aromatic carbocycles. The van der Waals surface area contributed by atoms with Crippen molar-refractivity contribution in [3.05, 3.63) is 89.3 Å². The Morgan fingerprint density at radius 3 is 2.58 bits per heavy atom. The zero-order chi connectivity index (χ0) is 23.1. The third kappa shape index (κ3) is 6.00. The third-order valence-corrected chi connectivity index (χ3v) is 5.35. The van der Waals surface area contributed by atoms with Gasteiger partial charge in [0.15, 0.2) is 0 Å². The number of nitrogens with zero attached hydrogens (tertiary/aromatic N) is 5. The number of fused-ring (bicyclic) bond motifs is 1. The quantitative estimate of drug-likeness (QED) is 0.371. The van der Waals surface area contributed by atoms with Gasteiger partial charge >= 0.3 is 0 Å². The molecule has 3 aromatic rings. The number of aryl methyl sites for hydroxylation is 2. The molecular formula is C26H29N5O2. The highest BCUT2D eigenvalue weighted by Gasteiger charge is 2.22. The molecule has 0 atom stereocenters. The van der Waals surface area contributed by atoms with Gasteiger partial charge < -0.3 is 9.68 Å². The Morgan fingerprint density at radius 1 is 0.970 bits per heavy atom. The van der Waals surface area contributed by atoms with Crippen LogP contribution in [0.2, 0.25) is 0 Å². The Kier molecular flexibility index (Phi) is 7.07. The molecule has 170 valence electrons. The van der Waals surface area contributed by atoms with E-state index < -0.39 is 0 Å². The maximum atomic E-state index is 5.77. The number of hydrogen-bond acceptors (Lipinski definition) is 7. The molecule has 0 saturated carbocycles. The summed E-state index contributed by atoms with van der Waals surface area (Å²) in [4.78, 5) is 24.7. The van der Waals surface area contributed by atoms with Crippen LogP contribution in [0.5, 0.6) is 0 Å². The lowest BCUT2D eigenvalue weighted by Gasteiger charge is -2.22. The van der Waals surface area contributed by atoms with Crippen molar-refractivity contribution in [3.8, 4) is 0 Å². The molecule has 7 nitrogen and oxygen atoms in total. The maximum Gasteiger partial charge on any atom is 0.135 e. The van der Waals surface area contributed by atoms with E-state index in [4.69, 9.17) is 9.68 Å². The van der Waals surface area contributed by atoms with Gasteiger partial charge in [-0.15, -0.1) is 0 Å². The molecule has 3 heterocycles. The Morgan fingerprint density at radius 2 is 1.79 bits per heavy atom. The highest BCUT2D eigenvalue weighted by Crippen LogP contribution is 2.22. The number of rotatable bonds is 8. The van der Waals surface area contributed by atoms with Gasteiger partial charge in [0.2, 0.25) is 0 Å². The highest BCUT2D eigenvalue weighted by atomic mass is 16.6. The fraction of sp³-hybridized carbons (Fsp3) is 0.346. The minimum absolute atomic E-state index is 0.293. The van der Waals surface area contributed by atoms with E-state index in [2.05, 4.69) is 51.2 Å². The van der Waals surface area contributed by atoms with Crippen molar-refractivity contribution in [2.45, 2.75) is 40.0 Å². The molecule has 1 aliphatic carbocycles. The van der Waals surface area contributed by atoms with Crippen LogP contribution < -0.4 is 0 Å². The summed E-state index contributed by atoms with van der Waals surface area (Å²) in [6.07, 6.45) is 8.17. The second-order valence-electron chi connectivity index (χ2n) is 8.95. The van der Waals surface area contributed by atoms with Crippen LogP contribution >= 0.6 is 0 Å². The Bertz CT molecular complexity index is 1090. The van der Waals surface area contributed by atoms with Crippen LogP contribution in [0, 0.1) is 12.3 Å². The summed E-state index contributed by atoms with van der Waals surface area (Å²) in [6, 6.07) is 13.7. The zero-order valence-corrected chi connectivity index (χ0v) is 19.4. The predicted octanol–water partition coefficient (Wildman–Crippen LogP) is 4.73. The van der Waals surface area contributed by atoms with Gasteiger partial charge in [0.25, 0.3) is 0 Å². The first-order valence-corrected chi connectivity index (χ1v) is 11.2. The normalized spacial score (nSPS) is 15.2. The van der Waals surface area contributed by atoms with Crippen LogP contribution in [0.15, 0.2) is 71.4 Å². The van der Waals surface area contributed by atoms with Gasteiger partial charge in [0.05, 0.1) is 11.4 Å². The fourth-order valence-electron chi connectivity index (χ4n) is 3.55. The first kappa shape index (κ1) is 22.6. The highest BCUT2D eigenvalue weighted by molar-refractivity contribution is 6.11. The number of aromatic nitrogens is 3. The Labute approximate surface area is 194 Å². The summed E-state index contributed by atoms with van der Waals surface area (Å²) in [5, 5.41) is 8.85. The minimum atomic E-state index is -0.293. The van der Waals surface area contributed by atoms with E-state index >= 15 is 0 Å². The lowest BCUT2D eigenvalue weighted by molar-refractivity contribution is -0.0000658. The molecule has 3 aromatic heterocycles. The van der Waals surface area contributed by atoms with Gasteiger partial charge in [0, 0.05) is 35.3 Å². The van der Waals surface area contributed by atoms with Gasteiger partial charge in [-0.05, 0) is 62.1 Å². The number of pyridine rings is 3. The van der Waals surface area contributed by atoms with Gasteiger partial charge in [-0.1, -0.05) is 36.3 Å². The van der Waals surface area contributed by atoms with Crippen molar-refractivity contribution in [2.24, 2.45) is 15.7 Å². The molecule has 0 amide bonds. The first-order valence-electron chi connectivity index (χ1n) is 11.2. The largest absolute Gasteiger partial charge is 0.395 e. The summed E-state index contributed by atoms with van der Waals surface area (Å²) in [7, 11) is 0. The molecule has 0 aliphatic heterocycles. The maximum absolute atomic E-state index is 5.77. The van der Waals surface area contributed by atoms with Crippen molar-refractivity contribution in [3.63, 3.8) is 0 Å². The Balaban J connectivity index is 1.40. The second-order valence-corrected chi connectivity index (χ2v) is 8.95. The SMILES string of the molecule is Cc1ccc2c(n1)C(=NOCC(C)(C)CON=C(c1ccncc1)c1ccccn1)CCC2. The van der Waals surface area contributed by atoms with E-state index in [0.29, 0.717) is 18.9 Å². The Hall–Kier alpha value is -3.61. The molecule has 0 bridgehead atoms. The molecule has 0 spiro atoms. The standard InChI is InChI=1S/C26H29N5O2/c1-19-10-11-20-7-6-9-23(24(20)29-19)30-32-17-26(2,3)18-33-31-25(21-12-15-27-16-13-21)22-8-4-5-14-28-22/h4-5,8,10-16H,6-7,9,17-18H2,1-3H3. The van der Waals surface area contributed by atoms with Crippen molar-refractivity contribution in [2.75, 3.05) is 13.2 Å². The monoisotopic (exact) mass is 443 g/mol. The number of hydrogen-bond donors (Lipinski definition) is 0. The smallest absolute Gasteiger partial charge is 0.135 e. The van der Waals surface area contributed by atoms with Crippen LogP contribution in [0.4, 0.5) is 0 Å². The van der Waals surface area contributed by atoms with E-state index in [-0.39, 0.29) is 5.41 Å². The van der Waals surface area contributed by atoms with Gasteiger partial charge in [-0.2, -0.15) is 0 Å². The van der Waals surface area contributed by atoms with Gasteiger partial charge in [0.1, 0.15) is 24.6 Å². The van der Waals surface area contributed by atoms with Crippen molar-refractivity contribution in [1.29, 1.82) is 0 Å². The molecule has 4 rings (SSSR count). The molecule has 0 radical (unpaired) electrons. The molecular weight excluding hydrogens is 414 g/mol. The fourth-order valence-corrected chi connectivity index (χ4v) is 3.55. The summed E-state index contributed by atoms with van der Waals surface area (Å²) >= 11 is 0. The van der Waals surface area contributed by atoms with E-state index in [1.165, 1.54) is 5.56 Å². The van der Waals surface area contributed by atoms with E-state index in [1.54, 1.807) is 18.6 Å². The summed E-state index contributed by atoms with van der Waals surface area (Å²) in [5.41, 5.74) is 6.12.